The van der Waals surface area contributed by atoms with Gasteiger partial charge in [0.15, 0.2) is 6.10 Å². The highest BCUT2D eigenvalue weighted by molar-refractivity contribution is 7.92. The number of hydrogen-bond donors (Lipinski definition) is 1. The summed E-state index contributed by atoms with van der Waals surface area (Å²) in [6.45, 7) is 1.96. The summed E-state index contributed by atoms with van der Waals surface area (Å²) in [4.78, 5) is 15.1. The number of ether oxygens (including phenoxy) is 2. The van der Waals surface area contributed by atoms with Crippen LogP contribution in [0.2, 0.25) is 0 Å². The Morgan fingerprint density at radius 3 is 2.45 bits per heavy atom. The zero-order chi connectivity index (χ0) is 22.0. The van der Waals surface area contributed by atoms with Gasteiger partial charge in [-0.05, 0) is 56.3 Å². The Labute approximate surface area is 182 Å². The van der Waals surface area contributed by atoms with Crippen LogP contribution in [0.1, 0.15) is 12.8 Å². The van der Waals surface area contributed by atoms with Crippen molar-refractivity contribution < 1.29 is 22.7 Å². The number of benzene rings is 2. The number of amides is 1. The number of hydrogen-bond acceptors (Lipinski definition) is 6. The first-order chi connectivity index (χ1) is 14.8. The van der Waals surface area contributed by atoms with Crippen molar-refractivity contribution >= 4 is 27.3 Å². The number of nitrogens with one attached hydrogen (secondary N) is 1. The summed E-state index contributed by atoms with van der Waals surface area (Å²) in [5, 5.41) is 2.80. The second kappa shape index (κ2) is 8.76. The average Bonchev–Trinajstić information content (AvgIpc) is 2.75. The number of likely N-dealkylation sites (tertiary alicyclic amines) is 1. The van der Waals surface area contributed by atoms with Crippen LogP contribution in [0.5, 0.6) is 11.5 Å². The van der Waals surface area contributed by atoms with Crippen molar-refractivity contribution in [2.75, 3.05) is 42.6 Å². The van der Waals surface area contributed by atoms with Gasteiger partial charge in [0.05, 0.1) is 18.5 Å². The number of anilines is 2. The van der Waals surface area contributed by atoms with Crippen molar-refractivity contribution in [1.82, 2.24) is 4.90 Å². The molecule has 1 fully saturated rings. The van der Waals surface area contributed by atoms with Crippen molar-refractivity contribution in [3.05, 3.63) is 48.5 Å². The number of nitrogens with zero attached hydrogens (tertiary/aromatic N) is 2. The molecule has 1 saturated heterocycles. The molecule has 0 bridgehead atoms. The fourth-order valence-corrected chi connectivity index (χ4v) is 4.70. The van der Waals surface area contributed by atoms with Gasteiger partial charge in [-0.3, -0.25) is 9.10 Å². The van der Waals surface area contributed by atoms with E-state index in [0.29, 0.717) is 17.1 Å². The summed E-state index contributed by atoms with van der Waals surface area (Å²) in [6, 6.07) is 14.0. The number of rotatable bonds is 5. The van der Waals surface area contributed by atoms with Crippen LogP contribution < -0.4 is 19.1 Å². The predicted molar refractivity (Wildman–Crippen MR) is 119 cm³/mol. The third kappa shape index (κ3) is 5.11. The van der Waals surface area contributed by atoms with E-state index in [0.717, 1.165) is 37.9 Å². The van der Waals surface area contributed by atoms with Crippen LogP contribution in [0.3, 0.4) is 0 Å². The van der Waals surface area contributed by atoms with Gasteiger partial charge in [-0.15, -0.1) is 0 Å². The normalized spacial score (nSPS) is 19.9. The summed E-state index contributed by atoms with van der Waals surface area (Å²) in [5.41, 5.74) is 1.03. The first-order valence-electron chi connectivity index (χ1n) is 10.3. The molecular formula is C22H27N3O5S. The van der Waals surface area contributed by atoms with E-state index in [1.54, 1.807) is 36.4 Å². The molecule has 166 valence electrons. The molecule has 0 spiro atoms. The van der Waals surface area contributed by atoms with Crippen molar-refractivity contribution in [3.63, 3.8) is 0 Å². The molecule has 0 unspecified atom stereocenters. The monoisotopic (exact) mass is 445 g/mol. The largest absolute Gasteiger partial charge is 0.490 e. The number of carbonyl (C=O) groups excluding carboxylic acids is 1. The molecule has 4 rings (SSSR count). The van der Waals surface area contributed by atoms with Crippen molar-refractivity contribution in [1.29, 1.82) is 0 Å². The number of piperidine rings is 1. The van der Waals surface area contributed by atoms with E-state index in [1.165, 1.54) is 4.31 Å². The molecule has 1 amide bonds. The van der Waals surface area contributed by atoms with Gasteiger partial charge < -0.3 is 19.7 Å². The molecule has 0 saturated carbocycles. The Bertz CT molecular complexity index is 1030. The van der Waals surface area contributed by atoms with E-state index in [9.17, 15) is 13.2 Å². The number of carbonyl (C=O) groups is 1. The maximum absolute atomic E-state index is 12.8. The Kier molecular flexibility index (Phi) is 6.06. The molecule has 2 aliphatic heterocycles. The maximum Gasteiger partial charge on any atom is 0.267 e. The molecule has 2 aromatic carbocycles. The SMILES string of the molecule is CN1CCC(Oc2ccc(NC(=O)[C@H]3CN(S(C)(=O)=O)c4ccccc4O3)cc2)CC1. The molecule has 0 aliphatic carbocycles. The van der Waals surface area contributed by atoms with Gasteiger partial charge in [-0.25, -0.2) is 8.42 Å². The second-order valence-corrected chi connectivity index (χ2v) is 9.91. The summed E-state index contributed by atoms with van der Waals surface area (Å²) in [5.74, 6) is 0.715. The fourth-order valence-electron chi connectivity index (χ4n) is 3.79. The third-order valence-corrected chi connectivity index (χ3v) is 6.66. The van der Waals surface area contributed by atoms with E-state index in [1.807, 2.05) is 12.1 Å². The molecule has 9 heteroatoms. The van der Waals surface area contributed by atoms with Crippen LogP contribution in [-0.2, 0) is 14.8 Å². The Hall–Kier alpha value is -2.78. The molecule has 2 heterocycles. The fraction of sp³-hybridized carbons (Fsp3) is 0.409. The molecule has 1 atom stereocenters. The predicted octanol–water partition coefficient (Wildman–Crippen LogP) is 2.33. The Morgan fingerprint density at radius 2 is 1.77 bits per heavy atom. The molecule has 31 heavy (non-hydrogen) atoms. The second-order valence-electron chi connectivity index (χ2n) is 8.00. The molecule has 1 N–H and O–H groups in total. The van der Waals surface area contributed by atoms with Gasteiger partial charge >= 0.3 is 0 Å². The van der Waals surface area contributed by atoms with Gasteiger partial charge in [-0.1, -0.05) is 12.1 Å². The van der Waals surface area contributed by atoms with Crippen molar-refractivity contribution in [3.8, 4) is 11.5 Å². The van der Waals surface area contributed by atoms with Gasteiger partial charge in [0, 0.05) is 18.8 Å². The van der Waals surface area contributed by atoms with Crippen LogP contribution in [0.15, 0.2) is 48.5 Å². The van der Waals surface area contributed by atoms with Gasteiger partial charge in [0.1, 0.15) is 17.6 Å². The highest BCUT2D eigenvalue weighted by Crippen LogP contribution is 2.34. The quantitative estimate of drug-likeness (QED) is 0.760. The number of fused-ring (bicyclic) bond motifs is 1. The summed E-state index contributed by atoms with van der Waals surface area (Å²) >= 11 is 0. The first kappa shape index (κ1) is 21.5. The zero-order valence-corrected chi connectivity index (χ0v) is 18.5. The van der Waals surface area contributed by atoms with Crippen molar-refractivity contribution in [2.24, 2.45) is 0 Å². The molecule has 2 aromatic rings. The third-order valence-electron chi connectivity index (χ3n) is 5.52. The van der Waals surface area contributed by atoms with Crippen LogP contribution in [-0.4, -0.2) is 64.4 Å². The molecular weight excluding hydrogens is 418 g/mol. The lowest BCUT2D eigenvalue weighted by atomic mass is 10.1. The van der Waals surface area contributed by atoms with E-state index in [-0.39, 0.29) is 12.6 Å². The lowest BCUT2D eigenvalue weighted by Gasteiger charge is -2.33. The van der Waals surface area contributed by atoms with Crippen LogP contribution >= 0.6 is 0 Å². The smallest absolute Gasteiger partial charge is 0.267 e. The minimum absolute atomic E-state index is 0.0843. The lowest BCUT2D eigenvalue weighted by molar-refractivity contribution is -0.122. The van der Waals surface area contributed by atoms with Crippen LogP contribution in [0, 0.1) is 0 Å². The van der Waals surface area contributed by atoms with E-state index < -0.39 is 22.0 Å². The lowest BCUT2D eigenvalue weighted by Crippen LogP contribution is -2.48. The summed E-state index contributed by atoms with van der Waals surface area (Å²) in [7, 11) is -1.44. The minimum atomic E-state index is -3.55. The highest BCUT2D eigenvalue weighted by Gasteiger charge is 2.34. The van der Waals surface area contributed by atoms with E-state index >= 15 is 0 Å². The summed E-state index contributed by atoms with van der Waals surface area (Å²) in [6.07, 6.45) is 2.35. The zero-order valence-electron chi connectivity index (χ0n) is 17.7. The summed E-state index contributed by atoms with van der Waals surface area (Å²) < 4.78 is 37.4. The van der Waals surface area contributed by atoms with Crippen molar-refractivity contribution in [2.45, 2.75) is 25.0 Å². The molecule has 2 aliphatic rings. The van der Waals surface area contributed by atoms with Gasteiger partial charge in [0.2, 0.25) is 10.0 Å². The highest BCUT2D eigenvalue weighted by atomic mass is 32.2. The standard InChI is InChI=1S/C22H27N3O5S/c1-24-13-11-18(12-14-24)29-17-9-7-16(8-10-17)23-22(26)21-15-25(31(2,27)28)19-5-3-4-6-20(19)30-21/h3-10,18,21H,11-15H2,1-2H3,(H,23,26)/t21-/m1/s1. The minimum Gasteiger partial charge on any atom is -0.490 e. The van der Waals surface area contributed by atoms with E-state index in [2.05, 4.69) is 17.3 Å². The number of sulfonamides is 1. The molecule has 8 nitrogen and oxygen atoms in total. The Morgan fingerprint density at radius 1 is 1.10 bits per heavy atom. The molecule has 0 radical (unpaired) electrons. The Balaban J connectivity index is 1.40. The van der Waals surface area contributed by atoms with Crippen LogP contribution in [0.25, 0.3) is 0 Å². The van der Waals surface area contributed by atoms with Gasteiger partial charge in [0.25, 0.3) is 5.91 Å². The maximum atomic E-state index is 12.8. The average molecular weight is 446 g/mol. The van der Waals surface area contributed by atoms with E-state index in [4.69, 9.17) is 9.47 Å². The van der Waals surface area contributed by atoms with Gasteiger partial charge in [-0.2, -0.15) is 0 Å². The topological polar surface area (TPSA) is 88.2 Å². The van der Waals surface area contributed by atoms with Crippen LogP contribution in [0.4, 0.5) is 11.4 Å². The number of para-hydroxylation sites is 2. The first-order valence-corrected chi connectivity index (χ1v) is 12.1. The molecule has 0 aromatic heterocycles.